The van der Waals surface area contributed by atoms with Crippen molar-refractivity contribution in [2.24, 2.45) is 0 Å². The molecule has 0 saturated carbocycles. The molecule has 2 N–H and O–H groups in total. The summed E-state index contributed by atoms with van der Waals surface area (Å²) in [5.74, 6) is -0.673. The van der Waals surface area contributed by atoms with Crippen molar-refractivity contribution in [1.29, 1.82) is 0 Å². The monoisotopic (exact) mass is 615 g/mol. The highest BCUT2D eigenvalue weighted by atomic mass is 35.5. The third-order valence-electron chi connectivity index (χ3n) is 7.23. The Labute approximate surface area is 244 Å². The van der Waals surface area contributed by atoms with E-state index < -0.39 is 27.9 Å². The van der Waals surface area contributed by atoms with Gasteiger partial charge in [0.05, 0.1) is 17.1 Å². The van der Waals surface area contributed by atoms with Crippen LogP contribution in [0.25, 0.3) is 10.8 Å². The van der Waals surface area contributed by atoms with Gasteiger partial charge in [-0.3, -0.25) is 9.59 Å². The zero-order chi connectivity index (χ0) is 28.7. The summed E-state index contributed by atoms with van der Waals surface area (Å²) in [5, 5.41) is 18.6. The highest BCUT2D eigenvalue weighted by Crippen LogP contribution is 2.29. The van der Waals surface area contributed by atoms with Crippen molar-refractivity contribution in [3.05, 3.63) is 62.8 Å². The van der Waals surface area contributed by atoms with Gasteiger partial charge in [0.15, 0.2) is 10.8 Å². The fraction of sp³-hybridized carbons (Fsp3) is 0.360. The van der Waals surface area contributed by atoms with Crippen molar-refractivity contribution in [3.8, 4) is 0 Å². The number of amides is 2. The number of H-pyrrole nitrogens is 1. The molecular weight excluding hydrogens is 590 g/mol. The summed E-state index contributed by atoms with van der Waals surface area (Å²) in [7, 11) is -1.97. The second-order valence-electron chi connectivity index (χ2n) is 9.95. The first-order valence-corrected chi connectivity index (χ1v) is 15.5. The Morgan fingerprint density at radius 3 is 2.76 bits per heavy atom. The topological polar surface area (TPSA) is 157 Å². The molecule has 4 heterocycles. The minimum Gasteiger partial charge on any atom is -0.347 e. The van der Waals surface area contributed by atoms with Gasteiger partial charge in [0.2, 0.25) is 15.9 Å². The number of hydrogen-bond donors (Lipinski definition) is 2. The molecule has 2 aromatic heterocycles. The molecule has 0 radical (unpaired) electrons. The van der Waals surface area contributed by atoms with Gasteiger partial charge < -0.3 is 15.1 Å². The smallest absolute Gasteiger partial charge is 0.283 e. The Morgan fingerprint density at radius 1 is 1.15 bits per heavy atom. The lowest BCUT2D eigenvalue weighted by Crippen LogP contribution is -2.61. The zero-order valence-corrected chi connectivity index (χ0v) is 24.3. The maximum atomic E-state index is 13.7. The van der Waals surface area contributed by atoms with Crippen LogP contribution in [0.2, 0.25) is 5.02 Å². The minimum atomic E-state index is -3.99. The lowest BCUT2D eigenvalue weighted by Gasteiger charge is -2.39. The van der Waals surface area contributed by atoms with E-state index in [9.17, 15) is 18.0 Å². The van der Waals surface area contributed by atoms with Crippen molar-refractivity contribution in [1.82, 2.24) is 45.0 Å². The number of fused-ring (bicyclic) bond motifs is 2. The molecule has 2 aliphatic rings. The molecular formula is C25H26ClN9O4S2. The predicted molar refractivity (Wildman–Crippen MR) is 151 cm³/mol. The number of carbonyl (C=O) groups excluding carboxylic acids is 2. The van der Waals surface area contributed by atoms with Gasteiger partial charge in [-0.25, -0.2) is 13.4 Å². The van der Waals surface area contributed by atoms with E-state index in [1.54, 1.807) is 30.3 Å². The molecule has 0 spiro atoms. The van der Waals surface area contributed by atoms with Gasteiger partial charge in [0.1, 0.15) is 6.04 Å². The lowest BCUT2D eigenvalue weighted by molar-refractivity contribution is -0.127. The van der Waals surface area contributed by atoms with Crippen molar-refractivity contribution >= 4 is 55.5 Å². The SMILES string of the molecule is CN1CCc2nc(C(=O)N3CCN(S(=O)(=O)c4ccc5cc(Cl)ccc5c4)CC3C(=O)NCc3nn[nH]n3)sc2C1. The Bertz CT molecular complexity index is 1730. The molecule has 2 aromatic carbocycles. The van der Waals surface area contributed by atoms with Crippen molar-refractivity contribution in [2.75, 3.05) is 33.2 Å². The highest BCUT2D eigenvalue weighted by molar-refractivity contribution is 7.89. The Kier molecular flexibility index (Phi) is 7.46. The molecule has 1 unspecified atom stereocenters. The number of aromatic amines is 1. The van der Waals surface area contributed by atoms with E-state index in [0.717, 1.165) is 34.3 Å². The van der Waals surface area contributed by atoms with E-state index in [-0.39, 0.29) is 36.9 Å². The number of nitrogens with zero attached hydrogens (tertiary/aromatic N) is 7. The van der Waals surface area contributed by atoms with E-state index in [1.807, 2.05) is 7.05 Å². The molecule has 4 aromatic rings. The first-order valence-electron chi connectivity index (χ1n) is 12.9. The Balaban J connectivity index is 1.27. The molecule has 1 fully saturated rings. The van der Waals surface area contributed by atoms with Crippen LogP contribution in [0.15, 0.2) is 41.3 Å². The summed E-state index contributed by atoms with van der Waals surface area (Å²) in [6.07, 6.45) is 0.744. The number of aromatic nitrogens is 5. The Hall–Kier alpha value is -3.50. The van der Waals surface area contributed by atoms with Crippen LogP contribution in [0, 0.1) is 0 Å². The fourth-order valence-corrected chi connectivity index (χ4v) is 7.83. The van der Waals surface area contributed by atoms with Crippen LogP contribution in [-0.4, -0.2) is 99.2 Å². The molecule has 2 amide bonds. The van der Waals surface area contributed by atoms with Gasteiger partial charge in [-0.2, -0.15) is 9.52 Å². The van der Waals surface area contributed by atoms with Crippen molar-refractivity contribution in [2.45, 2.75) is 30.4 Å². The van der Waals surface area contributed by atoms with E-state index in [1.165, 1.54) is 26.6 Å². The number of halogens is 1. The quantitative estimate of drug-likeness (QED) is 0.326. The van der Waals surface area contributed by atoms with Crippen LogP contribution in [0.4, 0.5) is 0 Å². The maximum absolute atomic E-state index is 13.7. The highest BCUT2D eigenvalue weighted by Gasteiger charge is 2.41. The molecule has 0 bridgehead atoms. The largest absolute Gasteiger partial charge is 0.347 e. The number of hydrogen-bond acceptors (Lipinski definition) is 10. The number of likely N-dealkylation sites (N-methyl/N-ethyl adjacent to an activating group) is 1. The number of thiazole rings is 1. The molecule has 2 aliphatic heterocycles. The standard InChI is InChI=1S/C25H26ClN9O4S2/c1-33-7-6-19-21(14-33)40-24(28-19)25(37)35-9-8-34(13-20(35)23(36)27-12-22-29-31-32-30-22)41(38,39)18-5-3-15-10-17(26)4-2-16(15)11-18/h2-5,10-11,20H,6-9,12-14H2,1H3,(H,27,36)(H,29,30,31,32). The summed E-state index contributed by atoms with van der Waals surface area (Å²) in [5.41, 5.74) is 0.897. The van der Waals surface area contributed by atoms with Gasteiger partial charge in [0, 0.05) is 49.0 Å². The lowest BCUT2D eigenvalue weighted by atomic mass is 10.1. The first-order chi connectivity index (χ1) is 19.7. The first kappa shape index (κ1) is 27.7. The van der Waals surface area contributed by atoms with E-state index in [4.69, 9.17) is 11.6 Å². The third-order valence-corrected chi connectivity index (χ3v) is 10.4. The van der Waals surface area contributed by atoms with Crippen LogP contribution in [0.5, 0.6) is 0 Å². The van der Waals surface area contributed by atoms with Gasteiger partial charge in [-0.05, 0) is 42.1 Å². The average molecular weight is 616 g/mol. The number of nitrogens with one attached hydrogen (secondary N) is 2. The number of benzene rings is 2. The molecule has 16 heteroatoms. The van der Waals surface area contributed by atoms with Crippen LogP contribution >= 0.6 is 22.9 Å². The molecule has 214 valence electrons. The van der Waals surface area contributed by atoms with Crippen LogP contribution in [0.1, 0.15) is 26.2 Å². The number of piperazine rings is 1. The zero-order valence-electron chi connectivity index (χ0n) is 21.9. The summed E-state index contributed by atoms with van der Waals surface area (Å²) >= 11 is 7.40. The second-order valence-corrected chi connectivity index (χ2v) is 13.4. The molecule has 0 aliphatic carbocycles. The number of sulfonamides is 1. The van der Waals surface area contributed by atoms with E-state index in [2.05, 4.69) is 35.8 Å². The summed E-state index contributed by atoms with van der Waals surface area (Å²) < 4.78 is 28.7. The molecule has 41 heavy (non-hydrogen) atoms. The van der Waals surface area contributed by atoms with Crippen LogP contribution in [-0.2, 0) is 34.3 Å². The third kappa shape index (κ3) is 5.55. The predicted octanol–water partition coefficient (Wildman–Crippen LogP) is 1.28. The number of rotatable bonds is 6. The van der Waals surface area contributed by atoms with Gasteiger partial charge in [-0.15, -0.1) is 21.5 Å². The van der Waals surface area contributed by atoms with Crippen molar-refractivity contribution < 1.29 is 18.0 Å². The minimum absolute atomic E-state index is 0.0195. The maximum Gasteiger partial charge on any atom is 0.283 e. The van der Waals surface area contributed by atoms with Gasteiger partial charge in [-0.1, -0.05) is 28.9 Å². The summed E-state index contributed by atoms with van der Waals surface area (Å²) in [6, 6.07) is 8.92. The average Bonchev–Trinajstić information content (AvgIpc) is 3.64. The number of tetrazole rings is 1. The van der Waals surface area contributed by atoms with Crippen LogP contribution < -0.4 is 5.32 Å². The molecule has 1 saturated heterocycles. The van der Waals surface area contributed by atoms with Crippen molar-refractivity contribution in [3.63, 3.8) is 0 Å². The van der Waals surface area contributed by atoms with Crippen LogP contribution in [0.3, 0.4) is 0 Å². The van der Waals surface area contributed by atoms with E-state index in [0.29, 0.717) is 16.6 Å². The van der Waals surface area contributed by atoms with E-state index >= 15 is 0 Å². The fourth-order valence-electron chi connectivity index (χ4n) is 5.03. The normalized spacial score (nSPS) is 18.4. The second kappa shape index (κ2) is 11.1. The number of carbonyl (C=O) groups is 2. The van der Waals surface area contributed by atoms with Gasteiger partial charge >= 0.3 is 0 Å². The van der Waals surface area contributed by atoms with Gasteiger partial charge in [0.25, 0.3) is 5.91 Å². The molecule has 6 rings (SSSR count). The summed E-state index contributed by atoms with van der Waals surface area (Å²) in [6.45, 7) is 1.34. The molecule has 13 nitrogen and oxygen atoms in total. The Morgan fingerprint density at radius 2 is 1.95 bits per heavy atom. The molecule has 1 atom stereocenters. The summed E-state index contributed by atoms with van der Waals surface area (Å²) in [4.78, 5) is 36.4.